The lowest BCUT2D eigenvalue weighted by molar-refractivity contribution is 0.153. The molecule has 0 aliphatic carbocycles. The Bertz CT molecular complexity index is 741. The monoisotopic (exact) mass is 389 g/mol. The molecule has 4 rings (SSSR count). The Morgan fingerprint density at radius 3 is 2.42 bits per heavy atom. The number of aromatic hydroxyl groups is 1. The zero-order valence-corrected chi connectivity index (χ0v) is 16.6. The lowest BCUT2D eigenvalue weighted by Gasteiger charge is -2.35. The number of phenolic OH excluding ortho intramolecular Hbond substituents is 1. The van der Waals surface area contributed by atoms with Gasteiger partial charge in [0.05, 0.1) is 11.4 Å². The van der Waals surface area contributed by atoms with E-state index < -0.39 is 0 Å². The molecule has 0 saturated carbocycles. The van der Waals surface area contributed by atoms with Gasteiger partial charge in [0.1, 0.15) is 5.75 Å². The number of piperazine rings is 1. The van der Waals surface area contributed by atoms with E-state index >= 15 is 0 Å². The highest BCUT2D eigenvalue weighted by Crippen LogP contribution is 2.49. The van der Waals surface area contributed by atoms with Crippen LogP contribution in [0.25, 0.3) is 0 Å². The number of hydrogen-bond acceptors (Lipinski definition) is 5. The molecule has 0 amide bonds. The van der Waals surface area contributed by atoms with Crippen molar-refractivity contribution >= 4 is 34.7 Å². The summed E-state index contributed by atoms with van der Waals surface area (Å²) in [6.45, 7) is 6.60. The van der Waals surface area contributed by atoms with Gasteiger partial charge in [0.15, 0.2) is 0 Å². The molecule has 0 bridgehead atoms. The Labute approximate surface area is 164 Å². The second kappa shape index (κ2) is 7.69. The molecule has 2 aromatic rings. The van der Waals surface area contributed by atoms with Crippen molar-refractivity contribution in [2.45, 2.75) is 16.2 Å². The maximum atomic E-state index is 9.99. The molecule has 2 heterocycles. The molecular weight excluding hydrogens is 366 g/mol. The molecule has 138 valence electrons. The van der Waals surface area contributed by atoms with E-state index in [0.29, 0.717) is 5.75 Å². The van der Waals surface area contributed by atoms with Crippen molar-refractivity contribution in [1.29, 1.82) is 0 Å². The average molecular weight is 390 g/mol. The van der Waals surface area contributed by atoms with Crippen molar-refractivity contribution in [3.05, 3.63) is 41.4 Å². The smallest absolute Gasteiger partial charge is 0.117 e. The van der Waals surface area contributed by atoms with Crippen LogP contribution in [0.3, 0.4) is 0 Å². The van der Waals surface area contributed by atoms with Gasteiger partial charge in [0, 0.05) is 53.6 Å². The van der Waals surface area contributed by atoms with Crippen LogP contribution in [0, 0.1) is 0 Å². The first kappa shape index (κ1) is 18.0. The lowest BCUT2D eigenvalue weighted by atomic mass is 10.2. The normalized spacial score (nSPS) is 17.8. The number of fused-ring (bicyclic) bond motifs is 2. The summed E-state index contributed by atoms with van der Waals surface area (Å²) in [6.07, 6.45) is 1.08. The zero-order valence-electron chi connectivity index (χ0n) is 15.0. The van der Waals surface area contributed by atoms with Crippen molar-refractivity contribution in [1.82, 2.24) is 9.80 Å². The minimum Gasteiger partial charge on any atom is -0.508 e. The fraction of sp³-hybridized carbons (Fsp3) is 0.400. The zero-order chi connectivity index (χ0) is 18.1. The molecular formula is C20H24ClN3OS. The van der Waals surface area contributed by atoms with Gasteiger partial charge in [-0.1, -0.05) is 23.4 Å². The molecule has 6 heteroatoms. The average Bonchev–Trinajstić information content (AvgIpc) is 2.63. The van der Waals surface area contributed by atoms with E-state index in [2.05, 4.69) is 27.8 Å². The van der Waals surface area contributed by atoms with E-state index in [4.69, 9.17) is 11.6 Å². The molecule has 2 aromatic carbocycles. The first-order valence-electron chi connectivity index (χ1n) is 9.09. The molecule has 0 spiro atoms. The number of halogens is 1. The van der Waals surface area contributed by atoms with E-state index in [1.807, 2.05) is 24.3 Å². The van der Waals surface area contributed by atoms with Gasteiger partial charge in [-0.2, -0.15) is 0 Å². The van der Waals surface area contributed by atoms with Crippen LogP contribution in [0.1, 0.15) is 6.42 Å². The van der Waals surface area contributed by atoms with Crippen LogP contribution in [-0.4, -0.2) is 61.2 Å². The minimum absolute atomic E-state index is 0.305. The Morgan fingerprint density at radius 2 is 1.65 bits per heavy atom. The molecule has 1 saturated heterocycles. The Morgan fingerprint density at radius 1 is 0.962 bits per heavy atom. The highest BCUT2D eigenvalue weighted by Gasteiger charge is 2.24. The minimum atomic E-state index is 0.305. The highest BCUT2D eigenvalue weighted by molar-refractivity contribution is 7.99. The van der Waals surface area contributed by atoms with Crippen molar-refractivity contribution < 1.29 is 5.11 Å². The van der Waals surface area contributed by atoms with Gasteiger partial charge in [0.2, 0.25) is 0 Å². The van der Waals surface area contributed by atoms with Crippen LogP contribution in [0.2, 0.25) is 5.02 Å². The maximum absolute atomic E-state index is 9.99. The number of rotatable bonds is 4. The molecule has 0 aromatic heterocycles. The van der Waals surface area contributed by atoms with Crippen molar-refractivity contribution in [2.24, 2.45) is 0 Å². The topological polar surface area (TPSA) is 30.0 Å². The van der Waals surface area contributed by atoms with Gasteiger partial charge < -0.3 is 19.8 Å². The highest BCUT2D eigenvalue weighted by atomic mass is 35.5. The summed E-state index contributed by atoms with van der Waals surface area (Å²) in [6, 6.07) is 11.7. The maximum Gasteiger partial charge on any atom is 0.117 e. The summed E-state index contributed by atoms with van der Waals surface area (Å²) in [5.41, 5.74) is 2.21. The summed E-state index contributed by atoms with van der Waals surface area (Å²) in [5, 5.41) is 10.7. The summed E-state index contributed by atoms with van der Waals surface area (Å²) in [5.74, 6) is 0.305. The summed E-state index contributed by atoms with van der Waals surface area (Å²) >= 11 is 8.01. The quantitative estimate of drug-likeness (QED) is 0.842. The van der Waals surface area contributed by atoms with Crippen LogP contribution in [-0.2, 0) is 0 Å². The predicted molar refractivity (Wildman–Crippen MR) is 109 cm³/mol. The third-order valence-electron chi connectivity index (χ3n) is 5.12. The lowest BCUT2D eigenvalue weighted by Crippen LogP contribution is -2.45. The molecule has 1 fully saturated rings. The number of benzene rings is 2. The SMILES string of the molecule is CN1CCN(CCCN2c3cc(O)ccc3Sc3ccc(Cl)cc32)CC1. The molecule has 2 aliphatic heterocycles. The first-order chi connectivity index (χ1) is 12.6. The Hall–Kier alpha value is -1.40. The largest absolute Gasteiger partial charge is 0.508 e. The fourth-order valence-electron chi connectivity index (χ4n) is 3.60. The molecule has 26 heavy (non-hydrogen) atoms. The molecule has 4 nitrogen and oxygen atoms in total. The van der Waals surface area contributed by atoms with Gasteiger partial charge >= 0.3 is 0 Å². The van der Waals surface area contributed by atoms with Crippen molar-refractivity contribution in [2.75, 3.05) is 51.2 Å². The summed E-state index contributed by atoms with van der Waals surface area (Å²) < 4.78 is 0. The molecule has 0 unspecified atom stereocenters. The first-order valence-corrected chi connectivity index (χ1v) is 10.3. The fourth-order valence-corrected chi connectivity index (χ4v) is 4.83. The Balaban J connectivity index is 1.52. The van der Waals surface area contributed by atoms with Gasteiger partial charge in [-0.05, 0) is 50.3 Å². The van der Waals surface area contributed by atoms with E-state index in [1.54, 1.807) is 17.8 Å². The molecule has 0 atom stereocenters. The third-order valence-corrected chi connectivity index (χ3v) is 6.48. The van der Waals surface area contributed by atoms with Gasteiger partial charge in [-0.15, -0.1) is 0 Å². The third kappa shape index (κ3) is 3.81. The number of phenols is 1. The second-order valence-corrected chi connectivity index (χ2v) is 8.54. The van der Waals surface area contributed by atoms with Gasteiger partial charge in [-0.25, -0.2) is 0 Å². The van der Waals surface area contributed by atoms with Crippen LogP contribution in [0.15, 0.2) is 46.2 Å². The van der Waals surface area contributed by atoms with Crippen molar-refractivity contribution in [3.63, 3.8) is 0 Å². The molecule has 1 N–H and O–H groups in total. The van der Waals surface area contributed by atoms with Crippen LogP contribution in [0.5, 0.6) is 5.75 Å². The predicted octanol–water partition coefficient (Wildman–Crippen LogP) is 4.29. The van der Waals surface area contributed by atoms with E-state index in [-0.39, 0.29) is 0 Å². The van der Waals surface area contributed by atoms with Gasteiger partial charge in [0.25, 0.3) is 0 Å². The summed E-state index contributed by atoms with van der Waals surface area (Å²) in [7, 11) is 2.19. The van der Waals surface area contributed by atoms with E-state index in [9.17, 15) is 5.11 Å². The number of nitrogens with zero attached hydrogens (tertiary/aromatic N) is 3. The second-order valence-electron chi connectivity index (χ2n) is 7.02. The van der Waals surface area contributed by atoms with E-state index in [1.165, 1.54) is 9.79 Å². The van der Waals surface area contributed by atoms with Crippen LogP contribution >= 0.6 is 23.4 Å². The number of anilines is 2. The Kier molecular flexibility index (Phi) is 5.32. The number of likely N-dealkylation sites (N-methyl/N-ethyl adjacent to an activating group) is 1. The van der Waals surface area contributed by atoms with Gasteiger partial charge in [-0.3, -0.25) is 0 Å². The van der Waals surface area contributed by atoms with E-state index in [0.717, 1.165) is 62.1 Å². The molecule has 0 radical (unpaired) electrons. The van der Waals surface area contributed by atoms with Crippen LogP contribution < -0.4 is 4.90 Å². The number of hydrogen-bond donors (Lipinski definition) is 1. The standard InChI is InChI=1S/C20H24ClN3OS/c1-22-9-11-23(12-10-22)7-2-8-24-17-13-15(21)3-5-19(17)26-20-6-4-16(25)14-18(20)24/h3-6,13-14,25H,2,7-12H2,1H3. The van der Waals surface area contributed by atoms with Crippen LogP contribution in [0.4, 0.5) is 11.4 Å². The molecule has 2 aliphatic rings. The van der Waals surface area contributed by atoms with Crippen molar-refractivity contribution in [3.8, 4) is 5.75 Å². The summed E-state index contributed by atoms with van der Waals surface area (Å²) in [4.78, 5) is 9.63.